The van der Waals surface area contributed by atoms with Gasteiger partial charge in [-0.25, -0.2) is 4.39 Å². The van der Waals surface area contributed by atoms with E-state index < -0.39 is 0 Å². The van der Waals surface area contributed by atoms with Crippen molar-refractivity contribution in [2.45, 2.75) is 32.8 Å². The molecular weight excluding hydrogens is 279 g/mol. The lowest BCUT2D eigenvalue weighted by molar-refractivity contribution is -0.0163. The van der Waals surface area contributed by atoms with Gasteiger partial charge in [0.15, 0.2) is 0 Å². The minimum Gasteiger partial charge on any atom is -0.491 e. The van der Waals surface area contributed by atoms with Gasteiger partial charge in [-0.1, -0.05) is 11.8 Å². The first kappa shape index (κ1) is 16.8. The van der Waals surface area contributed by atoms with E-state index in [9.17, 15) is 4.39 Å². The van der Waals surface area contributed by atoms with Crippen molar-refractivity contribution >= 4 is 11.6 Å². The SMILES string of the molecule is CC(C)(C)OCCOc1cc(F)cc(C#CCCCl)c1. The minimum absolute atomic E-state index is 0.205. The van der Waals surface area contributed by atoms with E-state index in [4.69, 9.17) is 21.1 Å². The zero-order valence-corrected chi connectivity index (χ0v) is 12.9. The zero-order valence-electron chi connectivity index (χ0n) is 12.1. The molecule has 1 aromatic carbocycles. The van der Waals surface area contributed by atoms with E-state index in [0.29, 0.717) is 36.8 Å². The largest absolute Gasteiger partial charge is 0.491 e. The second-order valence-corrected chi connectivity index (χ2v) is 5.60. The van der Waals surface area contributed by atoms with E-state index in [1.54, 1.807) is 6.07 Å². The Bertz CT molecular complexity index is 483. The van der Waals surface area contributed by atoms with Gasteiger partial charge in [0.1, 0.15) is 18.2 Å². The zero-order chi connectivity index (χ0) is 15.0. The second-order valence-electron chi connectivity index (χ2n) is 5.23. The monoisotopic (exact) mass is 298 g/mol. The van der Waals surface area contributed by atoms with Crippen LogP contribution in [0.15, 0.2) is 18.2 Å². The summed E-state index contributed by atoms with van der Waals surface area (Å²) >= 11 is 5.54. The molecule has 20 heavy (non-hydrogen) atoms. The Morgan fingerprint density at radius 2 is 1.95 bits per heavy atom. The number of alkyl halides is 1. The second kappa shape index (κ2) is 8.14. The van der Waals surface area contributed by atoms with Crippen LogP contribution in [0, 0.1) is 17.7 Å². The molecule has 0 heterocycles. The van der Waals surface area contributed by atoms with E-state index in [0.717, 1.165) is 0 Å². The molecule has 110 valence electrons. The summed E-state index contributed by atoms with van der Waals surface area (Å²) in [5.41, 5.74) is 0.380. The maximum atomic E-state index is 13.4. The molecule has 0 aliphatic carbocycles. The molecule has 1 aromatic rings. The Kier molecular flexibility index (Phi) is 6.84. The van der Waals surface area contributed by atoms with Crippen molar-refractivity contribution in [1.82, 2.24) is 0 Å². The van der Waals surface area contributed by atoms with Crippen molar-refractivity contribution in [1.29, 1.82) is 0 Å². The fourth-order valence-corrected chi connectivity index (χ4v) is 1.53. The van der Waals surface area contributed by atoms with Gasteiger partial charge in [0.05, 0.1) is 12.2 Å². The van der Waals surface area contributed by atoms with E-state index in [-0.39, 0.29) is 11.4 Å². The summed E-state index contributed by atoms with van der Waals surface area (Å²) in [5, 5.41) is 0. The van der Waals surface area contributed by atoms with E-state index >= 15 is 0 Å². The Morgan fingerprint density at radius 3 is 2.60 bits per heavy atom. The van der Waals surface area contributed by atoms with Gasteiger partial charge in [-0.15, -0.1) is 11.6 Å². The highest BCUT2D eigenvalue weighted by Crippen LogP contribution is 2.16. The van der Waals surface area contributed by atoms with Gasteiger partial charge >= 0.3 is 0 Å². The van der Waals surface area contributed by atoms with Crippen molar-refractivity contribution in [3.05, 3.63) is 29.6 Å². The van der Waals surface area contributed by atoms with Crippen LogP contribution in [0.1, 0.15) is 32.8 Å². The maximum Gasteiger partial charge on any atom is 0.128 e. The Hall–Kier alpha value is -1.24. The predicted octanol–water partition coefficient (Wildman–Crippen LogP) is 4.00. The maximum absolute atomic E-state index is 13.4. The Balaban J connectivity index is 2.56. The van der Waals surface area contributed by atoms with Crippen molar-refractivity contribution in [3.63, 3.8) is 0 Å². The number of hydrogen-bond donors (Lipinski definition) is 0. The van der Waals surface area contributed by atoms with Crippen LogP contribution in [0.2, 0.25) is 0 Å². The van der Waals surface area contributed by atoms with Crippen molar-refractivity contribution in [2.75, 3.05) is 19.1 Å². The molecule has 0 saturated heterocycles. The fourth-order valence-electron chi connectivity index (χ4n) is 1.44. The standard InChI is InChI=1S/C16H20ClFO2/c1-16(2,3)20-9-8-19-15-11-13(6-4-5-7-17)10-14(18)12-15/h10-12H,5,7-9H2,1-3H3. The molecule has 2 nitrogen and oxygen atoms in total. The summed E-state index contributed by atoms with van der Waals surface area (Å²) in [7, 11) is 0. The van der Waals surface area contributed by atoms with Crippen LogP contribution in [0.25, 0.3) is 0 Å². The summed E-state index contributed by atoms with van der Waals surface area (Å²) < 4.78 is 24.4. The highest BCUT2D eigenvalue weighted by Gasteiger charge is 2.09. The normalized spacial score (nSPS) is 10.8. The molecule has 0 radical (unpaired) electrons. The van der Waals surface area contributed by atoms with Crippen LogP contribution in [0.5, 0.6) is 5.75 Å². The van der Waals surface area contributed by atoms with E-state index in [2.05, 4.69) is 11.8 Å². The Morgan fingerprint density at radius 1 is 1.20 bits per heavy atom. The number of benzene rings is 1. The summed E-state index contributed by atoms with van der Waals surface area (Å²) in [6.07, 6.45) is 0.577. The first-order valence-electron chi connectivity index (χ1n) is 6.53. The van der Waals surface area contributed by atoms with Gasteiger partial charge in [-0.05, 0) is 32.9 Å². The number of halogens is 2. The highest BCUT2D eigenvalue weighted by atomic mass is 35.5. The van der Waals surface area contributed by atoms with Crippen LogP contribution in [-0.2, 0) is 4.74 Å². The molecule has 0 N–H and O–H groups in total. The van der Waals surface area contributed by atoms with Gasteiger partial charge in [-0.2, -0.15) is 0 Å². The summed E-state index contributed by atoms with van der Waals surface area (Å²) in [5.74, 6) is 6.28. The third-order valence-electron chi connectivity index (χ3n) is 2.21. The van der Waals surface area contributed by atoms with Gasteiger partial charge < -0.3 is 9.47 Å². The van der Waals surface area contributed by atoms with Crippen LogP contribution >= 0.6 is 11.6 Å². The average molecular weight is 299 g/mol. The van der Waals surface area contributed by atoms with Crippen molar-refractivity contribution in [3.8, 4) is 17.6 Å². The number of ether oxygens (including phenoxy) is 2. The van der Waals surface area contributed by atoms with Crippen LogP contribution in [0.4, 0.5) is 4.39 Å². The molecule has 0 fully saturated rings. The molecule has 0 aliphatic heterocycles. The molecule has 0 saturated carbocycles. The molecule has 0 aliphatic rings. The van der Waals surface area contributed by atoms with Crippen molar-refractivity contribution < 1.29 is 13.9 Å². The highest BCUT2D eigenvalue weighted by molar-refractivity contribution is 6.18. The lowest BCUT2D eigenvalue weighted by Crippen LogP contribution is -2.22. The Labute approximate surface area is 125 Å². The van der Waals surface area contributed by atoms with E-state index in [1.165, 1.54) is 12.1 Å². The molecule has 0 spiro atoms. The molecular formula is C16H20ClFO2. The topological polar surface area (TPSA) is 18.5 Å². The lowest BCUT2D eigenvalue weighted by atomic mass is 10.2. The number of rotatable bonds is 5. The average Bonchev–Trinajstić information content (AvgIpc) is 2.33. The molecule has 0 atom stereocenters. The van der Waals surface area contributed by atoms with Gasteiger partial charge in [0, 0.05) is 23.9 Å². The molecule has 0 amide bonds. The minimum atomic E-state index is -0.366. The molecule has 0 bridgehead atoms. The van der Waals surface area contributed by atoms with E-state index in [1.807, 2.05) is 20.8 Å². The van der Waals surface area contributed by atoms with Gasteiger partial charge in [-0.3, -0.25) is 0 Å². The summed E-state index contributed by atoms with van der Waals surface area (Å²) in [4.78, 5) is 0. The first-order chi connectivity index (χ1) is 9.40. The van der Waals surface area contributed by atoms with Crippen LogP contribution in [-0.4, -0.2) is 24.7 Å². The third kappa shape index (κ3) is 7.37. The van der Waals surface area contributed by atoms with Gasteiger partial charge in [0.25, 0.3) is 0 Å². The van der Waals surface area contributed by atoms with Crippen molar-refractivity contribution in [2.24, 2.45) is 0 Å². The van der Waals surface area contributed by atoms with Crippen LogP contribution < -0.4 is 4.74 Å². The first-order valence-corrected chi connectivity index (χ1v) is 7.06. The molecule has 0 unspecified atom stereocenters. The summed E-state index contributed by atoms with van der Waals surface area (Å²) in [6.45, 7) is 6.74. The third-order valence-corrected chi connectivity index (χ3v) is 2.40. The quantitative estimate of drug-likeness (QED) is 0.465. The number of hydrogen-bond acceptors (Lipinski definition) is 2. The lowest BCUT2D eigenvalue weighted by Gasteiger charge is -2.19. The predicted molar refractivity (Wildman–Crippen MR) is 79.8 cm³/mol. The molecule has 0 aromatic heterocycles. The van der Waals surface area contributed by atoms with Gasteiger partial charge in [0.2, 0.25) is 0 Å². The smallest absolute Gasteiger partial charge is 0.128 e. The summed E-state index contributed by atoms with van der Waals surface area (Å²) in [6, 6.07) is 4.42. The fraction of sp³-hybridized carbons (Fsp3) is 0.500. The molecule has 1 rings (SSSR count). The molecule has 4 heteroatoms. The van der Waals surface area contributed by atoms with Crippen LogP contribution in [0.3, 0.4) is 0 Å².